The summed E-state index contributed by atoms with van der Waals surface area (Å²) in [5.74, 6) is 0.869. The number of rotatable bonds is 3. The Hall–Kier alpha value is -2.61. The van der Waals surface area contributed by atoms with E-state index in [9.17, 15) is 0 Å². The van der Waals surface area contributed by atoms with Crippen molar-refractivity contribution >= 4 is 0 Å². The summed E-state index contributed by atoms with van der Waals surface area (Å²) in [6.07, 6.45) is 1.93. The zero-order valence-corrected chi connectivity index (χ0v) is 12.2. The van der Waals surface area contributed by atoms with Crippen LogP contribution in [0, 0.1) is 6.92 Å². The fourth-order valence-electron chi connectivity index (χ4n) is 2.37. The molecule has 0 saturated heterocycles. The minimum absolute atomic E-state index is 0.869. The lowest BCUT2D eigenvalue weighted by Crippen LogP contribution is -1.90. The second kappa shape index (κ2) is 5.80. The van der Waals surface area contributed by atoms with Gasteiger partial charge < -0.3 is 4.74 Å². The monoisotopic (exact) mass is 275 g/mol. The third kappa shape index (κ3) is 2.79. The van der Waals surface area contributed by atoms with Crippen molar-refractivity contribution in [1.82, 2.24) is 4.98 Å². The fourth-order valence-corrected chi connectivity index (χ4v) is 2.37. The van der Waals surface area contributed by atoms with E-state index in [2.05, 4.69) is 42.2 Å². The first-order chi connectivity index (χ1) is 10.3. The molecule has 3 rings (SSSR count). The molecule has 1 heterocycles. The molecule has 2 nitrogen and oxygen atoms in total. The molecule has 2 heteroatoms. The van der Waals surface area contributed by atoms with Crippen LogP contribution in [0.4, 0.5) is 0 Å². The van der Waals surface area contributed by atoms with Gasteiger partial charge in [0.2, 0.25) is 0 Å². The molecule has 0 spiro atoms. The first kappa shape index (κ1) is 13.4. The minimum atomic E-state index is 0.869. The van der Waals surface area contributed by atoms with Gasteiger partial charge in [0.1, 0.15) is 5.75 Å². The summed E-state index contributed by atoms with van der Waals surface area (Å²) in [5.41, 5.74) is 5.67. The number of pyridine rings is 1. The van der Waals surface area contributed by atoms with Crippen LogP contribution in [0.1, 0.15) is 5.56 Å². The van der Waals surface area contributed by atoms with Crippen molar-refractivity contribution in [2.45, 2.75) is 6.92 Å². The number of methoxy groups -OCH3 is 1. The molecule has 2 aromatic carbocycles. The molecule has 0 unspecified atom stereocenters. The maximum atomic E-state index is 5.22. The Bertz CT molecular complexity index is 733. The van der Waals surface area contributed by atoms with Crippen LogP contribution in [0.15, 0.2) is 66.9 Å². The minimum Gasteiger partial charge on any atom is -0.497 e. The molecule has 0 fully saturated rings. The second-order valence-corrected chi connectivity index (χ2v) is 4.98. The van der Waals surface area contributed by atoms with Crippen molar-refractivity contribution in [3.8, 4) is 28.1 Å². The number of nitrogens with zero attached hydrogens (tertiary/aromatic N) is 1. The molecule has 104 valence electrons. The first-order valence-corrected chi connectivity index (χ1v) is 6.94. The standard InChI is InChI=1S/C19H17NO/c1-14-13-20-19(16-6-4-3-5-7-16)12-18(14)15-8-10-17(21-2)11-9-15/h3-13H,1-2H3. The normalized spacial score (nSPS) is 10.4. The molecule has 0 bridgehead atoms. The Morgan fingerprint density at radius 3 is 2.24 bits per heavy atom. The molecule has 3 aromatic rings. The third-order valence-corrected chi connectivity index (χ3v) is 3.57. The van der Waals surface area contributed by atoms with Crippen LogP contribution >= 0.6 is 0 Å². The van der Waals surface area contributed by atoms with Gasteiger partial charge in [0.15, 0.2) is 0 Å². The van der Waals surface area contributed by atoms with Crippen molar-refractivity contribution in [3.63, 3.8) is 0 Å². The van der Waals surface area contributed by atoms with Crippen molar-refractivity contribution in [2.24, 2.45) is 0 Å². The topological polar surface area (TPSA) is 22.1 Å². The summed E-state index contributed by atoms with van der Waals surface area (Å²) in [6.45, 7) is 2.08. The van der Waals surface area contributed by atoms with E-state index in [1.807, 2.05) is 36.5 Å². The second-order valence-electron chi connectivity index (χ2n) is 4.98. The van der Waals surface area contributed by atoms with Gasteiger partial charge in [0.05, 0.1) is 12.8 Å². The van der Waals surface area contributed by atoms with Gasteiger partial charge in [-0.2, -0.15) is 0 Å². The maximum absolute atomic E-state index is 5.22. The molecular formula is C19H17NO. The predicted octanol–water partition coefficient (Wildman–Crippen LogP) is 4.73. The maximum Gasteiger partial charge on any atom is 0.118 e. The highest BCUT2D eigenvalue weighted by Crippen LogP contribution is 2.28. The van der Waals surface area contributed by atoms with Crippen LogP contribution < -0.4 is 4.74 Å². The van der Waals surface area contributed by atoms with E-state index >= 15 is 0 Å². The zero-order valence-electron chi connectivity index (χ0n) is 12.2. The van der Waals surface area contributed by atoms with Crippen molar-refractivity contribution in [3.05, 3.63) is 72.4 Å². The summed E-state index contributed by atoms with van der Waals surface area (Å²) in [6, 6.07) is 20.5. The Kier molecular flexibility index (Phi) is 3.69. The molecule has 0 amide bonds. The quantitative estimate of drug-likeness (QED) is 0.689. The number of ether oxygens (including phenoxy) is 1. The van der Waals surface area contributed by atoms with Crippen LogP contribution in [0.25, 0.3) is 22.4 Å². The number of hydrogen-bond acceptors (Lipinski definition) is 2. The molecule has 0 aliphatic heterocycles. The van der Waals surface area contributed by atoms with Crippen LogP contribution in [0.5, 0.6) is 5.75 Å². The highest BCUT2D eigenvalue weighted by Gasteiger charge is 2.06. The van der Waals surface area contributed by atoms with Crippen LogP contribution in [0.2, 0.25) is 0 Å². The number of hydrogen-bond donors (Lipinski definition) is 0. The van der Waals surface area contributed by atoms with Crippen LogP contribution in [-0.2, 0) is 0 Å². The molecular weight excluding hydrogens is 258 g/mol. The summed E-state index contributed by atoms with van der Waals surface area (Å²) in [7, 11) is 1.68. The van der Waals surface area contributed by atoms with E-state index in [1.165, 1.54) is 16.7 Å². The zero-order chi connectivity index (χ0) is 14.7. The van der Waals surface area contributed by atoms with Crippen molar-refractivity contribution in [1.29, 1.82) is 0 Å². The Labute approximate surface area is 125 Å². The lowest BCUT2D eigenvalue weighted by molar-refractivity contribution is 0.415. The summed E-state index contributed by atoms with van der Waals surface area (Å²) in [5, 5.41) is 0. The Morgan fingerprint density at radius 1 is 0.857 bits per heavy atom. The van der Waals surface area contributed by atoms with E-state index < -0.39 is 0 Å². The summed E-state index contributed by atoms with van der Waals surface area (Å²) < 4.78 is 5.22. The van der Waals surface area contributed by atoms with Gasteiger partial charge in [-0.05, 0) is 41.8 Å². The van der Waals surface area contributed by atoms with E-state index in [1.54, 1.807) is 7.11 Å². The fraction of sp³-hybridized carbons (Fsp3) is 0.105. The average molecular weight is 275 g/mol. The molecule has 0 radical (unpaired) electrons. The van der Waals surface area contributed by atoms with Crippen molar-refractivity contribution in [2.75, 3.05) is 7.11 Å². The van der Waals surface area contributed by atoms with Gasteiger partial charge in [0.25, 0.3) is 0 Å². The highest BCUT2D eigenvalue weighted by atomic mass is 16.5. The summed E-state index contributed by atoms with van der Waals surface area (Å²) >= 11 is 0. The van der Waals surface area contributed by atoms with E-state index in [0.717, 1.165) is 17.0 Å². The van der Waals surface area contributed by atoms with E-state index in [0.29, 0.717) is 0 Å². The predicted molar refractivity (Wildman–Crippen MR) is 86.4 cm³/mol. The summed E-state index contributed by atoms with van der Waals surface area (Å²) in [4.78, 5) is 4.54. The molecule has 0 saturated carbocycles. The van der Waals surface area contributed by atoms with E-state index in [4.69, 9.17) is 4.74 Å². The van der Waals surface area contributed by atoms with E-state index in [-0.39, 0.29) is 0 Å². The van der Waals surface area contributed by atoms with Crippen LogP contribution in [0.3, 0.4) is 0 Å². The Morgan fingerprint density at radius 2 is 1.57 bits per heavy atom. The van der Waals surface area contributed by atoms with Gasteiger partial charge in [-0.3, -0.25) is 4.98 Å². The molecule has 1 aromatic heterocycles. The number of aromatic nitrogens is 1. The molecule has 0 N–H and O–H groups in total. The van der Waals surface area contributed by atoms with Gasteiger partial charge in [0, 0.05) is 11.8 Å². The van der Waals surface area contributed by atoms with Gasteiger partial charge in [-0.15, -0.1) is 0 Å². The van der Waals surface area contributed by atoms with Gasteiger partial charge in [-0.1, -0.05) is 42.5 Å². The average Bonchev–Trinajstić information content (AvgIpc) is 2.56. The Balaban J connectivity index is 2.05. The van der Waals surface area contributed by atoms with Crippen molar-refractivity contribution < 1.29 is 4.74 Å². The lowest BCUT2D eigenvalue weighted by atomic mass is 9.99. The SMILES string of the molecule is COc1ccc(-c2cc(-c3ccccc3)ncc2C)cc1. The van der Waals surface area contributed by atoms with Crippen LogP contribution in [-0.4, -0.2) is 12.1 Å². The first-order valence-electron chi connectivity index (χ1n) is 6.94. The number of aryl methyl sites for hydroxylation is 1. The molecule has 0 aliphatic rings. The highest BCUT2D eigenvalue weighted by molar-refractivity contribution is 5.73. The van der Waals surface area contributed by atoms with Gasteiger partial charge >= 0.3 is 0 Å². The van der Waals surface area contributed by atoms with Gasteiger partial charge in [-0.25, -0.2) is 0 Å². The number of benzene rings is 2. The molecule has 21 heavy (non-hydrogen) atoms. The third-order valence-electron chi connectivity index (χ3n) is 3.57. The smallest absolute Gasteiger partial charge is 0.118 e. The lowest BCUT2D eigenvalue weighted by Gasteiger charge is -2.09. The molecule has 0 aliphatic carbocycles. The molecule has 0 atom stereocenters. The largest absolute Gasteiger partial charge is 0.497 e.